The Labute approximate surface area is 145 Å². The Morgan fingerprint density at radius 3 is 3.00 bits per heavy atom. The van der Waals surface area contributed by atoms with Gasteiger partial charge in [0.15, 0.2) is 5.16 Å². The smallest absolute Gasteiger partial charge is 0.233 e. The molecule has 3 rings (SSSR count). The van der Waals surface area contributed by atoms with Gasteiger partial charge in [0.25, 0.3) is 0 Å². The molecule has 0 bridgehead atoms. The number of carbonyl (C=O) groups is 1. The molecule has 0 radical (unpaired) electrons. The molecule has 1 aromatic carbocycles. The highest BCUT2D eigenvalue weighted by molar-refractivity contribution is 8.00. The van der Waals surface area contributed by atoms with E-state index in [1.165, 1.54) is 43.9 Å². The van der Waals surface area contributed by atoms with Gasteiger partial charge in [-0.1, -0.05) is 42.6 Å². The van der Waals surface area contributed by atoms with E-state index in [-0.39, 0.29) is 11.2 Å². The Kier molecular flexibility index (Phi) is 5.49. The molecule has 1 saturated carbocycles. The van der Waals surface area contributed by atoms with E-state index >= 15 is 0 Å². The molecular weight excluding hydrogens is 330 g/mol. The molecule has 1 aliphatic rings. The van der Waals surface area contributed by atoms with Gasteiger partial charge in [0.1, 0.15) is 0 Å². The van der Waals surface area contributed by atoms with E-state index in [9.17, 15) is 4.79 Å². The van der Waals surface area contributed by atoms with Gasteiger partial charge in [-0.25, -0.2) is 4.98 Å². The van der Waals surface area contributed by atoms with Crippen molar-refractivity contribution >= 4 is 40.3 Å². The van der Waals surface area contributed by atoms with Gasteiger partial charge in [0, 0.05) is 11.6 Å². The fraction of sp³-hybridized carbons (Fsp3) is 0.529. The average molecular weight is 352 g/mol. The van der Waals surface area contributed by atoms with Crippen LogP contribution in [0.5, 0.6) is 0 Å². The lowest BCUT2D eigenvalue weighted by atomic mass is 9.89. The van der Waals surface area contributed by atoms with Crippen molar-refractivity contribution in [3.05, 3.63) is 23.2 Å². The number of rotatable bonds is 5. The molecule has 0 saturated heterocycles. The molecule has 6 heteroatoms. The first kappa shape index (κ1) is 16.7. The standard InChI is InChI=1S/C17H22ClN3OS/c1-11(16(22)19-10-12-5-3-2-4-6-12)23-17-20-14-8-7-13(18)9-15(14)21-17/h7-9,11-12H,2-6,10H2,1H3,(H,19,22)(H,20,21)/t11-/m1/s1. The van der Waals surface area contributed by atoms with Gasteiger partial charge in [-0.05, 0) is 43.9 Å². The summed E-state index contributed by atoms with van der Waals surface area (Å²) in [4.78, 5) is 20.0. The molecule has 1 aliphatic carbocycles. The third kappa shape index (κ3) is 4.42. The number of nitrogens with one attached hydrogen (secondary N) is 2. The Morgan fingerprint density at radius 2 is 2.22 bits per heavy atom. The van der Waals surface area contributed by atoms with Crippen LogP contribution in [-0.2, 0) is 4.79 Å². The van der Waals surface area contributed by atoms with Gasteiger partial charge in [-0.3, -0.25) is 4.79 Å². The van der Waals surface area contributed by atoms with Crippen LogP contribution in [0.2, 0.25) is 5.02 Å². The first-order chi connectivity index (χ1) is 11.1. The van der Waals surface area contributed by atoms with E-state index in [1.54, 1.807) is 0 Å². The number of hydrogen-bond acceptors (Lipinski definition) is 3. The van der Waals surface area contributed by atoms with Gasteiger partial charge in [-0.2, -0.15) is 0 Å². The molecule has 124 valence electrons. The van der Waals surface area contributed by atoms with Gasteiger partial charge in [-0.15, -0.1) is 0 Å². The number of imidazole rings is 1. The highest BCUT2D eigenvalue weighted by Crippen LogP contribution is 2.26. The molecule has 23 heavy (non-hydrogen) atoms. The number of aromatic amines is 1. The third-order valence-corrected chi connectivity index (χ3v) is 5.59. The fourth-order valence-electron chi connectivity index (χ4n) is 3.02. The molecule has 0 aliphatic heterocycles. The largest absolute Gasteiger partial charge is 0.355 e. The molecule has 1 aromatic heterocycles. The molecule has 1 amide bonds. The highest BCUT2D eigenvalue weighted by Gasteiger charge is 2.19. The Balaban J connectivity index is 1.54. The Hall–Kier alpha value is -1.20. The van der Waals surface area contributed by atoms with E-state index in [0.29, 0.717) is 10.9 Å². The van der Waals surface area contributed by atoms with Crippen molar-refractivity contribution in [2.24, 2.45) is 5.92 Å². The molecule has 2 N–H and O–H groups in total. The van der Waals surface area contributed by atoms with Crippen molar-refractivity contribution in [3.63, 3.8) is 0 Å². The van der Waals surface area contributed by atoms with Crippen LogP contribution in [0.1, 0.15) is 39.0 Å². The van der Waals surface area contributed by atoms with Crippen LogP contribution in [0.15, 0.2) is 23.4 Å². The van der Waals surface area contributed by atoms with Crippen LogP contribution in [0, 0.1) is 5.92 Å². The minimum Gasteiger partial charge on any atom is -0.355 e. The quantitative estimate of drug-likeness (QED) is 0.785. The minimum atomic E-state index is -0.172. The highest BCUT2D eigenvalue weighted by atomic mass is 35.5. The topological polar surface area (TPSA) is 57.8 Å². The molecule has 0 spiro atoms. The zero-order valence-electron chi connectivity index (χ0n) is 13.3. The van der Waals surface area contributed by atoms with Crippen LogP contribution in [-0.4, -0.2) is 27.7 Å². The number of thioether (sulfide) groups is 1. The van der Waals surface area contributed by atoms with Crippen molar-refractivity contribution < 1.29 is 4.79 Å². The first-order valence-electron chi connectivity index (χ1n) is 8.21. The summed E-state index contributed by atoms with van der Waals surface area (Å²) < 4.78 is 0. The van der Waals surface area contributed by atoms with Crippen LogP contribution >= 0.6 is 23.4 Å². The normalized spacial score (nSPS) is 17.3. The van der Waals surface area contributed by atoms with E-state index in [2.05, 4.69) is 15.3 Å². The summed E-state index contributed by atoms with van der Waals surface area (Å²) >= 11 is 7.43. The summed E-state index contributed by atoms with van der Waals surface area (Å²) in [7, 11) is 0. The second kappa shape index (κ2) is 7.58. The molecule has 1 heterocycles. The number of carbonyl (C=O) groups excluding carboxylic acids is 1. The number of halogens is 1. The second-order valence-electron chi connectivity index (χ2n) is 6.21. The summed E-state index contributed by atoms with van der Waals surface area (Å²) in [6.07, 6.45) is 6.42. The molecule has 2 aromatic rings. The lowest BCUT2D eigenvalue weighted by Crippen LogP contribution is -2.35. The summed E-state index contributed by atoms with van der Waals surface area (Å²) in [5, 5.41) is 4.35. The van der Waals surface area contributed by atoms with E-state index < -0.39 is 0 Å². The number of nitrogens with zero attached hydrogens (tertiary/aromatic N) is 1. The molecule has 1 atom stereocenters. The summed E-state index contributed by atoms with van der Waals surface area (Å²) in [5.41, 5.74) is 1.77. The van der Waals surface area contributed by atoms with E-state index in [1.807, 2.05) is 25.1 Å². The molecule has 0 unspecified atom stereocenters. The van der Waals surface area contributed by atoms with Crippen molar-refractivity contribution in [1.82, 2.24) is 15.3 Å². The lowest BCUT2D eigenvalue weighted by molar-refractivity contribution is -0.120. The summed E-state index contributed by atoms with van der Waals surface area (Å²) in [6, 6.07) is 5.55. The van der Waals surface area contributed by atoms with Crippen molar-refractivity contribution in [2.45, 2.75) is 49.4 Å². The number of aromatic nitrogens is 2. The predicted molar refractivity (Wildman–Crippen MR) is 96.0 cm³/mol. The number of amides is 1. The van der Waals surface area contributed by atoms with E-state index in [0.717, 1.165) is 22.7 Å². The fourth-order valence-corrected chi connectivity index (χ4v) is 4.03. The van der Waals surface area contributed by atoms with Gasteiger partial charge >= 0.3 is 0 Å². The van der Waals surface area contributed by atoms with Gasteiger partial charge < -0.3 is 10.3 Å². The number of fused-ring (bicyclic) bond motifs is 1. The third-order valence-electron chi connectivity index (χ3n) is 4.37. The van der Waals surface area contributed by atoms with Crippen LogP contribution in [0.3, 0.4) is 0 Å². The maximum Gasteiger partial charge on any atom is 0.233 e. The van der Waals surface area contributed by atoms with Crippen LogP contribution < -0.4 is 5.32 Å². The number of hydrogen-bond donors (Lipinski definition) is 2. The first-order valence-corrected chi connectivity index (χ1v) is 9.47. The zero-order chi connectivity index (χ0) is 16.2. The molecule has 1 fully saturated rings. The predicted octanol–water partition coefficient (Wildman–Crippen LogP) is 4.39. The Morgan fingerprint density at radius 1 is 1.43 bits per heavy atom. The minimum absolute atomic E-state index is 0.0825. The van der Waals surface area contributed by atoms with Crippen molar-refractivity contribution in [1.29, 1.82) is 0 Å². The number of benzene rings is 1. The molecular formula is C17H22ClN3OS. The van der Waals surface area contributed by atoms with Crippen LogP contribution in [0.4, 0.5) is 0 Å². The van der Waals surface area contributed by atoms with E-state index in [4.69, 9.17) is 11.6 Å². The summed E-state index contributed by atoms with van der Waals surface area (Å²) in [5.74, 6) is 0.734. The molecule has 4 nitrogen and oxygen atoms in total. The lowest BCUT2D eigenvalue weighted by Gasteiger charge is -2.22. The number of H-pyrrole nitrogens is 1. The van der Waals surface area contributed by atoms with Gasteiger partial charge in [0.2, 0.25) is 5.91 Å². The SMILES string of the molecule is C[C@@H](Sc1nc2ccc(Cl)cc2[nH]1)C(=O)NCC1CCCCC1. The van der Waals surface area contributed by atoms with Gasteiger partial charge in [0.05, 0.1) is 16.3 Å². The monoisotopic (exact) mass is 351 g/mol. The zero-order valence-corrected chi connectivity index (χ0v) is 14.8. The van der Waals surface area contributed by atoms with Crippen molar-refractivity contribution in [3.8, 4) is 0 Å². The maximum absolute atomic E-state index is 12.3. The summed E-state index contributed by atoms with van der Waals surface area (Å²) in [6.45, 7) is 2.72. The van der Waals surface area contributed by atoms with Crippen molar-refractivity contribution in [2.75, 3.05) is 6.54 Å². The second-order valence-corrected chi connectivity index (χ2v) is 7.98. The average Bonchev–Trinajstić information content (AvgIpc) is 2.94. The van der Waals surface area contributed by atoms with Crippen LogP contribution in [0.25, 0.3) is 11.0 Å². The Bertz CT molecular complexity index is 682. The maximum atomic E-state index is 12.3.